The molecule has 0 atom stereocenters. The van der Waals surface area contributed by atoms with Crippen molar-refractivity contribution in [3.8, 4) is 0 Å². The molecule has 1 aromatic carbocycles. The first-order chi connectivity index (χ1) is 6.12. The zero-order chi connectivity index (χ0) is 9.47. The Hall–Kier alpha value is -1.15. The Morgan fingerprint density at radius 2 is 1.92 bits per heavy atom. The number of rotatable bonds is 1. The van der Waals surface area contributed by atoms with E-state index in [4.69, 9.17) is 5.73 Å². The van der Waals surface area contributed by atoms with Gasteiger partial charge in [0, 0.05) is 12.8 Å². The summed E-state index contributed by atoms with van der Waals surface area (Å²) >= 11 is 0. The van der Waals surface area contributed by atoms with Crippen LogP contribution in [0.1, 0.15) is 24.0 Å². The van der Waals surface area contributed by atoms with Crippen molar-refractivity contribution in [2.24, 2.45) is 5.73 Å². The lowest BCUT2D eigenvalue weighted by Crippen LogP contribution is -2.49. The molecule has 0 radical (unpaired) electrons. The van der Waals surface area contributed by atoms with Crippen LogP contribution in [0.25, 0.3) is 0 Å². The Balaban J connectivity index is 2.36. The molecule has 1 aliphatic carbocycles. The minimum atomic E-state index is -0.373. The molecule has 1 saturated carbocycles. The first kappa shape index (κ1) is 8.45. The van der Waals surface area contributed by atoms with Gasteiger partial charge in [-0.2, -0.15) is 0 Å². The van der Waals surface area contributed by atoms with E-state index in [0.29, 0.717) is 12.8 Å². The van der Waals surface area contributed by atoms with Crippen LogP contribution in [0.3, 0.4) is 0 Å². The molecule has 2 N–H and O–H groups in total. The predicted molar refractivity (Wildman–Crippen MR) is 51.3 cm³/mol. The number of hydrogen-bond donors (Lipinski definition) is 1. The summed E-state index contributed by atoms with van der Waals surface area (Å²) in [5, 5.41) is 0. The Labute approximate surface area is 77.8 Å². The highest BCUT2D eigenvalue weighted by Gasteiger charge is 2.41. The summed E-state index contributed by atoms with van der Waals surface area (Å²) in [4.78, 5) is 10.9. The fourth-order valence-corrected chi connectivity index (χ4v) is 1.97. The van der Waals surface area contributed by atoms with Crippen molar-refractivity contribution in [3.05, 3.63) is 35.4 Å². The van der Waals surface area contributed by atoms with Gasteiger partial charge in [-0.1, -0.05) is 24.3 Å². The van der Waals surface area contributed by atoms with Crippen LogP contribution in [-0.2, 0) is 10.3 Å². The lowest BCUT2D eigenvalue weighted by molar-refractivity contribution is -0.128. The van der Waals surface area contributed by atoms with Gasteiger partial charge in [-0.15, -0.1) is 0 Å². The van der Waals surface area contributed by atoms with Crippen molar-refractivity contribution in [2.45, 2.75) is 25.3 Å². The summed E-state index contributed by atoms with van der Waals surface area (Å²) in [6, 6.07) is 8.01. The van der Waals surface area contributed by atoms with Crippen molar-refractivity contribution in [3.63, 3.8) is 0 Å². The van der Waals surface area contributed by atoms with Gasteiger partial charge in [0.25, 0.3) is 0 Å². The molecule has 13 heavy (non-hydrogen) atoms. The van der Waals surface area contributed by atoms with Crippen LogP contribution in [-0.4, -0.2) is 5.78 Å². The first-order valence-corrected chi connectivity index (χ1v) is 4.48. The summed E-state index contributed by atoms with van der Waals surface area (Å²) in [6.07, 6.45) is 0.996. The SMILES string of the molecule is Cc1ccccc1C1(N)CC(=O)C1. The van der Waals surface area contributed by atoms with Gasteiger partial charge in [0.05, 0.1) is 5.54 Å². The van der Waals surface area contributed by atoms with Gasteiger partial charge in [-0.3, -0.25) is 4.79 Å². The van der Waals surface area contributed by atoms with Crippen LogP contribution in [0, 0.1) is 6.92 Å². The number of benzene rings is 1. The van der Waals surface area contributed by atoms with E-state index in [1.54, 1.807) is 0 Å². The molecule has 2 nitrogen and oxygen atoms in total. The zero-order valence-electron chi connectivity index (χ0n) is 7.71. The quantitative estimate of drug-likeness (QED) is 0.703. The smallest absolute Gasteiger partial charge is 0.137 e. The summed E-state index contributed by atoms with van der Waals surface area (Å²) < 4.78 is 0. The number of hydrogen-bond acceptors (Lipinski definition) is 2. The molecule has 2 heteroatoms. The van der Waals surface area contributed by atoms with Crippen LogP contribution in [0.4, 0.5) is 0 Å². The molecular weight excluding hydrogens is 162 g/mol. The molecule has 68 valence electrons. The van der Waals surface area contributed by atoms with Gasteiger partial charge < -0.3 is 5.73 Å². The molecule has 0 aliphatic heterocycles. The molecule has 0 amide bonds. The minimum Gasteiger partial charge on any atom is -0.321 e. The molecule has 2 rings (SSSR count). The Kier molecular flexibility index (Phi) is 1.74. The van der Waals surface area contributed by atoms with Crippen molar-refractivity contribution in [1.82, 2.24) is 0 Å². The molecule has 1 aromatic rings. The van der Waals surface area contributed by atoms with Crippen molar-refractivity contribution >= 4 is 5.78 Å². The van der Waals surface area contributed by atoms with Crippen molar-refractivity contribution < 1.29 is 4.79 Å². The molecule has 1 aliphatic rings. The third kappa shape index (κ3) is 1.27. The zero-order valence-corrected chi connectivity index (χ0v) is 7.71. The normalized spacial score (nSPS) is 19.7. The average molecular weight is 175 g/mol. The molecule has 0 heterocycles. The number of carbonyl (C=O) groups excluding carboxylic acids is 1. The highest BCUT2D eigenvalue weighted by atomic mass is 16.1. The van der Waals surface area contributed by atoms with Gasteiger partial charge in [0.1, 0.15) is 5.78 Å². The second kappa shape index (κ2) is 2.67. The summed E-state index contributed by atoms with van der Waals surface area (Å²) in [7, 11) is 0. The van der Waals surface area contributed by atoms with E-state index in [-0.39, 0.29) is 11.3 Å². The number of ketones is 1. The molecule has 0 saturated heterocycles. The molecule has 0 unspecified atom stereocenters. The van der Waals surface area contributed by atoms with Crippen LogP contribution in [0.2, 0.25) is 0 Å². The van der Waals surface area contributed by atoms with Crippen molar-refractivity contribution in [1.29, 1.82) is 0 Å². The van der Waals surface area contributed by atoms with Gasteiger partial charge >= 0.3 is 0 Å². The van der Waals surface area contributed by atoms with Crippen LogP contribution in [0.5, 0.6) is 0 Å². The lowest BCUT2D eigenvalue weighted by atomic mass is 9.70. The molecular formula is C11H13NO. The van der Waals surface area contributed by atoms with E-state index in [0.717, 1.165) is 5.56 Å². The summed E-state index contributed by atoms with van der Waals surface area (Å²) in [5.41, 5.74) is 8.02. The highest BCUT2D eigenvalue weighted by Crippen LogP contribution is 2.37. The van der Waals surface area contributed by atoms with Crippen LogP contribution in [0.15, 0.2) is 24.3 Å². The minimum absolute atomic E-state index is 0.269. The van der Waals surface area contributed by atoms with E-state index in [1.165, 1.54) is 5.56 Å². The largest absolute Gasteiger partial charge is 0.321 e. The molecule has 0 bridgehead atoms. The maximum Gasteiger partial charge on any atom is 0.137 e. The van der Waals surface area contributed by atoms with Gasteiger partial charge in [0.15, 0.2) is 0 Å². The third-order valence-corrected chi connectivity index (χ3v) is 2.71. The van der Waals surface area contributed by atoms with Crippen molar-refractivity contribution in [2.75, 3.05) is 0 Å². The Bertz CT molecular complexity index is 349. The van der Waals surface area contributed by atoms with E-state index in [9.17, 15) is 4.79 Å². The maximum atomic E-state index is 10.9. The monoisotopic (exact) mass is 175 g/mol. The van der Waals surface area contributed by atoms with E-state index >= 15 is 0 Å². The summed E-state index contributed by atoms with van der Waals surface area (Å²) in [5.74, 6) is 0.269. The second-order valence-corrected chi connectivity index (χ2v) is 3.86. The van der Waals surface area contributed by atoms with E-state index < -0.39 is 0 Å². The third-order valence-electron chi connectivity index (χ3n) is 2.71. The van der Waals surface area contributed by atoms with Gasteiger partial charge in [0.2, 0.25) is 0 Å². The first-order valence-electron chi connectivity index (χ1n) is 4.48. The average Bonchev–Trinajstić information content (AvgIpc) is 2.02. The highest BCUT2D eigenvalue weighted by molar-refractivity contribution is 5.88. The number of aryl methyl sites for hydroxylation is 1. The maximum absolute atomic E-state index is 10.9. The number of Topliss-reactive ketones (excluding diaryl/α,β-unsaturated/α-hetero) is 1. The van der Waals surface area contributed by atoms with Crippen LogP contribution >= 0.6 is 0 Å². The van der Waals surface area contributed by atoms with Crippen LogP contribution < -0.4 is 5.73 Å². The van der Waals surface area contributed by atoms with Gasteiger partial charge in [-0.25, -0.2) is 0 Å². The molecule has 0 aromatic heterocycles. The summed E-state index contributed by atoms with van der Waals surface area (Å²) in [6.45, 7) is 2.03. The topological polar surface area (TPSA) is 43.1 Å². The Morgan fingerprint density at radius 1 is 1.31 bits per heavy atom. The fraction of sp³-hybridized carbons (Fsp3) is 0.364. The van der Waals surface area contributed by atoms with Gasteiger partial charge in [-0.05, 0) is 18.1 Å². The fourth-order valence-electron chi connectivity index (χ4n) is 1.97. The second-order valence-electron chi connectivity index (χ2n) is 3.86. The molecule has 0 spiro atoms. The molecule has 1 fully saturated rings. The van der Waals surface area contributed by atoms with E-state index in [1.807, 2.05) is 31.2 Å². The standard InChI is InChI=1S/C11H13NO/c1-8-4-2-3-5-10(8)11(12)6-9(13)7-11/h2-5H,6-7,12H2,1H3. The number of nitrogens with two attached hydrogens (primary N) is 1. The van der Waals surface area contributed by atoms with E-state index in [2.05, 4.69) is 0 Å². The Morgan fingerprint density at radius 3 is 2.46 bits per heavy atom. The lowest BCUT2D eigenvalue weighted by Gasteiger charge is -2.38. The number of carbonyl (C=O) groups is 1. The predicted octanol–water partition coefficient (Wildman–Crippen LogP) is 1.51.